The van der Waals surface area contributed by atoms with Gasteiger partial charge >= 0.3 is 0 Å². The average molecular weight is 433 g/mol. The number of benzene rings is 1. The first-order chi connectivity index (χ1) is 8.74. The Labute approximate surface area is 134 Å². The van der Waals surface area contributed by atoms with Crippen LogP contribution in [0.4, 0.5) is 0 Å². The van der Waals surface area contributed by atoms with Crippen LogP contribution in [0.3, 0.4) is 0 Å². The Bertz CT molecular complexity index is 561. The Hall–Kier alpha value is 0.130. The number of aryl methyl sites for hydroxylation is 2. The van der Waals surface area contributed by atoms with E-state index >= 15 is 0 Å². The van der Waals surface area contributed by atoms with E-state index < -0.39 is 0 Å². The first kappa shape index (κ1) is 13.1. The first-order valence-electron chi connectivity index (χ1n) is 6.24. The van der Waals surface area contributed by atoms with Crippen LogP contribution in [-0.2, 0) is 12.8 Å². The molecule has 2 aromatic rings. The van der Waals surface area contributed by atoms with E-state index in [0.717, 1.165) is 0 Å². The number of alkyl halides is 1. The molecule has 3 heteroatoms. The van der Waals surface area contributed by atoms with E-state index in [4.69, 9.17) is 0 Å². The first-order valence-corrected chi connectivity index (χ1v) is 9.11. The van der Waals surface area contributed by atoms with Crippen molar-refractivity contribution < 1.29 is 0 Å². The molecule has 3 rings (SSSR count). The SMILES string of the molecule is BrC(c1csc(I)c1)c1ccc2c(c1)CCCC2. The summed E-state index contributed by atoms with van der Waals surface area (Å²) in [5, 5.41) is 2.25. The Balaban J connectivity index is 1.92. The molecule has 0 N–H and O–H groups in total. The molecule has 1 heterocycles. The molecule has 0 nitrogen and oxygen atoms in total. The summed E-state index contributed by atoms with van der Waals surface area (Å²) in [5.41, 5.74) is 5.89. The van der Waals surface area contributed by atoms with Crippen LogP contribution in [0.25, 0.3) is 0 Å². The molecule has 0 aliphatic heterocycles. The lowest BCUT2D eigenvalue weighted by atomic mass is 9.89. The van der Waals surface area contributed by atoms with Crippen LogP contribution in [0.1, 0.15) is 39.9 Å². The van der Waals surface area contributed by atoms with Gasteiger partial charge in [-0.3, -0.25) is 0 Å². The van der Waals surface area contributed by atoms with Gasteiger partial charge in [-0.15, -0.1) is 11.3 Å². The summed E-state index contributed by atoms with van der Waals surface area (Å²) < 4.78 is 1.35. The van der Waals surface area contributed by atoms with Gasteiger partial charge in [-0.2, -0.15) is 0 Å². The van der Waals surface area contributed by atoms with Crippen LogP contribution in [-0.4, -0.2) is 0 Å². The number of thiophene rings is 1. The third-order valence-electron chi connectivity index (χ3n) is 3.55. The monoisotopic (exact) mass is 432 g/mol. The predicted molar refractivity (Wildman–Crippen MR) is 90.9 cm³/mol. The van der Waals surface area contributed by atoms with Gasteiger partial charge in [-0.25, -0.2) is 0 Å². The predicted octanol–water partition coefficient (Wildman–Crippen LogP) is 5.72. The van der Waals surface area contributed by atoms with E-state index in [0.29, 0.717) is 4.83 Å². The summed E-state index contributed by atoms with van der Waals surface area (Å²) in [7, 11) is 0. The van der Waals surface area contributed by atoms with Gasteiger partial charge in [0.2, 0.25) is 0 Å². The highest BCUT2D eigenvalue weighted by Crippen LogP contribution is 2.35. The Morgan fingerprint density at radius 2 is 1.83 bits per heavy atom. The number of hydrogen-bond acceptors (Lipinski definition) is 1. The molecular formula is C15H14BrIS. The maximum absolute atomic E-state index is 3.84. The highest BCUT2D eigenvalue weighted by Gasteiger charge is 2.15. The number of rotatable bonds is 2. The molecule has 0 saturated heterocycles. The summed E-state index contributed by atoms with van der Waals surface area (Å²) in [5.74, 6) is 0. The van der Waals surface area contributed by atoms with Gasteiger partial charge in [-0.05, 0) is 82.0 Å². The number of hydrogen-bond donors (Lipinski definition) is 0. The molecule has 0 bridgehead atoms. The van der Waals surface area contributed by atoms with Gasteiger partial charge in [0, 0.05) is 0 Å². The molecular weight excluding hydrogens is 419 g/mol. The molecule has 1 unspecified atom stereocenters. The molecule has 94 valence electrons. The maximum atomic E-state index is 3.84. The molecule has 1 aromatic carbocycles. The van der Waals surface area contributed by atoms with Gasteiger partial charge in [0.05, 0.1) is 7.71 Å². The van der Waals surface area contributed by atoms with Crippen LogP contribution in [0.5, 0.6) is 0 Å². The molecule has 1 aliphatic rings. The molecule has 0 saturated carbocycles. The lowest BCUT2D eigenvalue weighted by molar-refractivity contribution is 0.684. The largest absolute Gasteiger partial charge is 0.137 e. The third-order valence-corrected chi connectivity index (χ3v) is 6.41. The molecule has 1 aliphatic carbocycles. The van der Waals surface area contributed by atoms with Crippen LogP contribution in [0.15, 0.2) is 29.6 Å². The van der Waals surface area contributed by atoms with Gasteiger partial charge in [0.15, 0.2) is 0 Å². The summed E-state index contributed by atoms with van der Waals surface area (Å²) in [6.07, 6.45) is 5.22. The maximum Gasteiger partial charge on any atom is 0.0656 e. The van der Waals surface area contributed by atoms with Gasteiger partial charge in [0.1, 0.15) is 0 Å². The van der Waals surface area contributed by atoms with E-state index in [2.05, 4.69) is 68.2 Å². The minimum Gasteiger partial charge on any atom is -0.137 e. The summed E-state index contributed by atoms with van der Waals surface area (Å²) in [4.78, 5) is 0.337. The molecule has 0 amide bonds. The fourth-order valence-corrected chi connectivity index (χ4v) is 4.68. The smallest absolute Gasteiger partial charge is 0.0656 e. The van der Waals surface area contributed by atoms with Crippen LogP contribution in [0.2, 0.25) is 0 Å². The average Bonchev–Trinajstić information content (AvgIpc) is 2.84. The second-order valence-corrected chi connectivity index (χ2v) is 8.50. The standard InChI is InChI=1S/C15H14BrIS/c16-15(13-8-14(17)18-9-13)12-6-5-10-3-1-2-4-11(10)7-12/h5-9,15H,1-4H2. The van der Waals surface area contributed by atoms with E-state index in [1.54, 1.807) is 11.1 Å². The molecule has 18 heavy (non-hydrogen) atoms. The number of fused-ring (bicyclic) bond motifs is 1. The van der Waals surface area contributed by atoms with Gasteiger partial charge in [-0.1, -0.05) is 34.1 Å². The minimum absolute atomic E-state index is 0.337. The normalized spacial score (nSPS) is 16.3. The highest BCUT2D eigenvalue weighted by atomic mass is 127. The molecule has 0 spiro atoms. The van der Waals surface area contributed by atoms with E-state index in [9.17, 15) is 0 Å². The van der Waals surface area contributed by atoms with Gasteiger partial charge in [0.25, 0.3) is 0 Å². The lowest BCUT2D eigenvalue weighted by Crippen LogP contribution is -2.04. The van der Waals surface area contributed by atoms with Crippen molar-refractivity contribution in [2.45, 2.75) is 30.5 Å². The fourth-order valence-electron chi connectivity index (χ4n) is 2.56. The quantitative estimate of drug-likeness (QED) is 0.420. The zero-order valence-electron chi connectivity index (χ0n) is 9.96. The molecule has 0 radical (unpaired) electrons. The molecule has 1 atom stereocenters. The minimum atomic E-state index is 0.337. The van der Waals surface area contributed by atoms with Crippen LogP contribution >= 0.6 is 49.9 Å². The summed E-state index contributed by atoms with van der Waals surface area (Å²) >= 11 is 8.04. The van der Waals surface area contributed by atoms with Crippen molar-refractivity contribution in [3.05, 3.63) is 54.8 Å². The topological polar surface area (TPSA) is 0 Å². The van der Waals surface area contributed by atoms with Crippen molar-refractivity contribution in [1.82, 2.24) is 0 Å². The van der Waals surface area contributed by atoms with Crippen molar-refractivity contribution in [2.24, 2.45) is 0 Å². The van der Waals surface area contributed by atoms with E-state index in [1.807, 2.05) is 11.3 Å². The van der Waals surface area contributed by atoms with Crippen LogP contribution < -0.4 is 0 Å². The Morgan fingerprint density at radius 3 is 2.56 bits per heavy atom. The Kier molecular flexibility index (Phi) is 4.11. The molecule has 1 aromatic heterocycles. The van der Waals surface area contributed by atoms with Crippen molar-refractivity contribution >= 4 is 49.9 Å². The second-order valence-electron chi connectivity index (χ2n) is 4.78. The summed E-state index contributed by atoms with van der Waals surface area (Å²) in [6, 6.07) is 9.28. The highest BCUT2D eigenvalue weighted by molar-refractivity contribution is 14.1. The molecule has 0 fully saturated rings. The Morgan fingerprint density at radius 1 is 1.06 bits per heavy atom. The zero-order valence-corrected chi connectivity index (χ0v) is 14.5. The van der Waals surface area contributed by atoms with E-state index in [1.165, 1.54) is 39.7 Å². The number of halogens is 2. The fraction of sp³-hybridized carbons (Fsp3) is 0.333. The van der Waals surface area contributed by atoms with Crippen molar-refractivity contribution in [3.63, 3.8) is 0 Å². The summed E-state index contributed by atoms with van der Waals surface area (Å²) in [6.45, 7) is 0. The van der Waals surface area contributed by atoms with Crippen LogP contribution in [0, 0.1) is 2.88 Å². The van der Waals surface area contributed by atoms with Crippen molar-refractivity contribution in [3.8, 4) is 0 Å². The zero-order chi connectivity index (χ0) is 12.5. The van der Waals surface area contributed by atoms with Crippen molar-refractivity contribution in [2.75, 3.05) is 0 Å². The van der Waals surface area contributed by atoms with Crippen molar-refractivity contribution in [1.29, 1.82) is 0 Å². The van der Waals surface area contributed by atoms with E-state index in [-0.39, 0.29) is 0 Å². The third kappa shape index (κ3) is 2.68. The van der Waals surface area contributed by atoms with Gasteiger partial charge < -0.3 is 0 Å². The second kappa shape index (κ2) is 5.63. The lowest BCUT2D eigenvalue weighted by Gasteiger charge is -2.18.